The number of nitrogens with one attached hydrogen (secondary N) is 1. The minimum atomic E-state index is -0.332. The zero-order valence-corrected chi connectivity index (χ0v) is 19.4. The summed E-state index contributed by atoms with van der Waals surface area (Å²) in [4.78, 5) is 24.6. The molecule has 1 unspecified atom stereocenters. The predicted octanol–water partition coefficient (Wildman–Crippen LogP) is 4.80. The first-order valence-corrected chi connectivity index (χ1v) is 11.5. The van der Waals surface area contributed by atoms with Crippen LogP contribution in [-0.4, -0.2) is 37.6 Å². The number of aliphatic imine (C=N–C) groups is 2. The van der Waals surface area contributed by atoms with E-state index in [4.69, 9.17) is 9.41 Å². The van der Waals surface area contributed by atoms with Crippen LogP contribution in [0.15, 0.2) is 61.3 Å². The molecule has 4 rings (SSSR count). The van der Waals surface area contributed by atoms with Crippen LogP contribution >= 0.6 is 0 Å². The first kappa shape index (κ1) is 22.2. The molecule has 6 nitrogen and oxygen atoms in total. The fraction of sp³-hybridized carbons (Fsp3) is 0.423. The molecule has 0 amide bonds. The van der Waals surface area contributed by atoms with Crippen molar-refractivity contribution in [1.82, 2.24) is 5.32 Å². The predicted molar refractivity (Wildman–Crippen MR) is 134 cm³/mol. The van der Waals surface area contributed by atoms with Gasteiger partial charge in [-0.05, 0) is 57.2 Å². The monoisotopic (exact) mass is 432 g/mol. The molecule has 2 atom stereocenters. The van der Waals surface area contributed by atoms with Gasteiger partial charge in [0.1, 0.15) is 5.70 Å². The zero-order chi connectivity index (χ0) is 22.7. The summed E-state index contributed by atoms with van der Waals surface area (Å²) in [5.74, 6) is 0.778. The zero-order valence-electron chi connectivity index (χ0n) is 19.4. The van der Waals surface area contributed by atoms with E-state index in [1.54, 1.807) is 0 Å². The first-order chi connectivity index (χ1) is 15.5. The molecular formula is C26H32N4O2. The van der Waals surface area contributed by atoms with Crippen LogP contribution in [-0.2, 0) is 0 Å². The van der Waals surface area contributed by atoms with Crippen molar-refractivity contribution >= 4 is 34.1 Å². The van der Waals surface area contributed by atoms with Crippen molar-refractivity contribution in [3.63, 3.8) is 0 Å². The summed E-state index contributed by atoms with van der Waals surface area (Å²) in [6, 6.07) is 8.38. The molecule has 0 bridgehead atoms. The highest BCUT2D eigenvalue weighted by molar-refractivity contribution is 6.33. The molecule has 2 aromatic rings. The lowest BCUT2D eigenvalue weighted by Crippen LogP contribution is -2.49. The SMILES string of the molecule is C/C=C(\N=C1C=NC(C)=CCC1CC)c1cc2ccc(N3CCN[C@@H](C)C3)cc2c(=O)o1. The average Bonchev–Trinajstić information content (AvgIpc) is 2.98. The number of hydrogen-bond acceptors (Lipinski definition) is 6. The molecule has 2 aliphatic rings. The Labute approximate surface area is 189 Å². The largest absolute Gasteiger partial charge is 0.421 e. The molecule has 32 heavy (non-hydrogen) atoms. The van der Waals surface area contributed by atoms with Crippen molar-refractivity contribution in [2.45, 2.75) is 46.6 Å². The molecule has 0 spiro atoms. The van der Waals surface area contributed by atoms with Gasteiger partial charge in [0.05, 0.1) is 11.1 Å². The lowest BCUT2D eigenvalue weighted by Gasteiger charge is -2.33. The highest BCUT2D eigenvalue weighted by Gasteiger charge is 2.18. The van der Waals surface area contributed by atoms with E-state index >= 15 is 0 Å². The standard InChI is InChI=1S/C26H32N4O2/c1-5-19-8-7-17(3)28-15-24(19)29-23(6-2)25-13-20-9-10-21(14-22(20)26(31)32-25)30-12-11-27-18(4)16-30/h6-7,9-10,13-15,18-19,27H,5,8,11-12,16H2,1-4H3/b23-6-,29-24?/t18-,19?/m0/s1. The van der Waals surface area contributed by atoms with Crippen LogP contribution in [0.25, 0.3) is 16.5 Å². The molecule has 1 fully saturated rings. The average molecular weight is 433 g/mol. The summed E-state index contributed by atoms with van der Waals surface area (Å²) < 4.78 is 5.75. The summed E-state index contributed by atoms with van der Waals surface area (Å²) in [6.45, 7) is 11.0. The minimum absolute atomic E-state index is 0.294. The van der Waals surface area contributed by atoms with Crippen LogP contribution in [0.2, 0.25) is 0 Å². The normalized spacial score (nSPS) is 23.5. The van der Waals surface area contributed by atoms with Gasteiger partial charge in [-0.15, -0.1) is 0 Å². The van der Waals surface area contributed by atoms with Crippen LogP contribution in [0.3, 0.4) is 0 Å². The number of allylic oxidation sites excluding steroid dienone is 3. The fourth-order valence-electron chi connectivity index (χ4n) is 4.32. The van der Waals surface area contributed by atoms with Crippen LogP contribution in [0, 0.1) is 5.92 Å². The molecule has 0 radical (unpaired) electrons. The number of benzene rings is 1. The fourth-order valence-corrected chi connectivity index (χ4v) is 4.32. The first-order valence-electron chi connectivity index (χ1n) is 11.5. The van der Waals surface area contributed by atoms with Crippen molar-refractivity contribution in [3.8, 4) is 0 Å². The molecule has 1 N–H and O–H groups in total. The summed E-state index contributed by atoms with van der Waals surface area (Å²) in [6.07, 6.45) is 7.76. The summed E-state index contributed by atoms with van der Waals surface area (Å²) in [7, 11) is 0. The quantitative estimate of drug-likeness (QED) is 0.754. The van der Waals surface area contributed by atoms with Crippen molar-refractivity contribution in [1.29, 1.82) is 0 Å². The molecule has 6 heteroatoms. The van der Waals surface area contributed by atoms with Crippen molar-refractivity contribution < 1.29 is 4.42 Å². The molecule has 168 valence electrons. The third kappa shape index (κ3) is 4.75. The third-order valence-corrected chi connectivity index (χ3v) is 6.26. The highest BCUT2D eigenvalue weighted by Crippen LogP contribution is 2.26. The Morgan fingerprint density at radius 1 is 1.38 bits per heavy atom. The topological polar surface area (TPSA) is 70.2 Å². The molecule has 1 saturated heterocycles. The van der Waals surface area contributed by atoms with Crippen molar-refractivity contribution in [2.24, 2.45) is 15.9 Å². The molecule has 1 aromatic heterocycles. The number of fused-ring (bicyclic) bond motifs is 1. The van der Waals surface area contributed by atoms with Gasteiger partial charge in [0.25, 0.3) is 0 Å². The Hall–Kier alpha value is -2.99. The summed E-state index contributed by atoms with van der Waals surface area (Å²) in [5.41, 5.74) is 3.30. The van der Waals surface area contributed by atoms with Gasteiger partial charge in [0, 0.05) is 49.2 Å². The maximum atomic E-state index is 12.9. The number of hydrogen-bond donors (Lipinski definition) is 1. The molecule has 3 heterocycles. The van der Waals surface area contributed by atoms with E-state index in [-0.39, 0.29) is 5.63 Å². The Morgan fingerprint density at radius 3 is 2.97 bits per heavy atom. The number of piperazine rings is 1. The third-order valence-electron chi connectivity index (χ3n) is 6.26. The maximum absolute atomic E-state index is 12.9. The van der Waals surface area contributed by atoms with Gasteiger partial charge in [-0.2, -0.15) is 0 Å². The van der Waals surface area contributed by atoms with E-state index < -0.39 is 0 Å². The lowest BCUT2D eigenvalue weighted by molar-refractivity contribution is 0.485. The Bertz CT molecular complexity index is 1170. The number of anilines is 1. The second-order valence-corrected chi connectivity index (χ2v) is 8.63. The second kappa shape index (κ2) is 9.65. The molecular weight excluding hydrogens is 400 g/mol. The highest BCUT2D eigenvalue weighted by atomic mass is 16.4. The molecule has 2 aliphatic heterocycles. The van der Waals surface area contributed by atoms with Crippen LogP contribution < -0.4 is 15.8 Å². The number of nitrogens with zero attached hydrogens (tertiary/aromatic N) is 3. The lowest BCUT2D eigenvalue weighted by atomic mass is 9.97. The van der Waals surface area contributed by atoms with E-state index in [0.717, 1.165) is 55.0 Å². The maximum Gasteiger partial charge on any atom is 0.344 e. The van der Waals surface area contributed by atoms with Gasteiger partial charge in [-0.3, -0.25) is 4.99 Å². The van der Waals surface area contributed by atoms with Crippen LogP contribution in [0.5, 0.6) is 0 Å². The van der Waals surface area contributed by atoms with E-state index in [1.165, 1.54) is 0 Å². The molecule has 0 saturated carbocycles. The Kier molecular flexibility index (Phi) is 6.70. The van der Waals surface area contributed by atoms with Gasteiger partial charge >= 0.3 is 5.63 Å². The van der Waals surface area contributed by atoms with E-state index in [2.05, 4.69) is 41.2 Å². The Morgan fingerprint density at radius 2 is 2.22 bits per heavy atom. The van der Waals surface area contributed by atoms with Crippen LogP contribution in [0.4, 0.5) is 5.69 Å². The van der Waals surface area contributed by atoms with Gasteiger partial charge in [-0.25, -0.2) is 9.79 Å². The van der Waals surface area contributed by atoms with E-state index in [9.17, 15) is 4.79 Å². The van der Waals surface area contributed by atoms with Gasteiger partial charge in [-0.1, -0.05) is 25.1 Å². The summed E-state index contributed by atoms with van der Waals surface area (Å²) in [5, 5.41) is 4.91. The smallest absolute Gasteiger partial charge is 0.344 e. The van der Waals surface area contributed by atoms with Gasteiger partial charge in [0.2, 0.25) is 0 Å². The number of rotatable bonds is 4. The molecule has 1 aromatic carbocycles. The van der Waals surface area contributed by atoms with Crippen molar-refractivity contribution in [2.75, 3.05) is 24.5 Å². The van der Waals surface area contributed by atoms with E-state index in [0.29, 0.717) is 28.8 Å². The van der Waals surface area contributed by atoms with Crippen LogP contribution in [0.1, 0.15) is 46.3 Å². The van der Waals surface area contributed by atoms with E-state index in [1.807, 2.05) is 44.3 Å². The summed E-state index contributed by atoms with van der Waals surface area (Å²) >= 11 is 0. The second-order valence-electron chi connectivity index (χ2n) is 8.63. The molecule has 0 aliphatic carbocycles. The van der Waals surface area contributed by atoms with Gasteiger partial charge < -0.3 is 14.6 Å². The van der Waals surface area contributed by atoms with Crippen molar-refractivity contribution in [3.05, 3.63) is 58.3 Å². The Balaban J connectivity index is 1.68. The minimum Gasteiger partial charge on any atom is -0.421 e. The van der Waals surface area contributed by atoms with Gasteiger partial charge in [0.15, 0.2) is 5.76 Å².